The molecule has 2 saturated heterocycles. The molecule has 6 nitrogen and oxygen atoms in total. The van der Waals surface area contributed by atoms with Crippen molar-refractivity contribution >= 4 is 34.6 Å². The molecule has 0 saturated carbocycles. The molecule has 29 heavy (non-hydrogen) atoms. The standard InChI is InChI=1S/C22H28N4O2S/c27-19(11-4-3-10-18-21-17(12-29-18)25-22(28)26-21)23-16-9-5-7-14-13-6-1-2-8-15(13)24-20(14)16/h1-2,6,8,16-18,21,24H,3-5,7,9-12H2,(H,23,27)(H2,25,26,28)/t16-,17-,18-,21-/m0/s1. The number of aryl methyl sites for hydroxylation is 1. The highest BCUT2D eigenvalue weighted by Crippen LogP contribution is 2.35. The Morgan fingerprint density at radius 2 is 2.10 bits per heavy atom. The summed E-state index contributed by atoms with van der Waals surface area (Å²) in [6, 6.07) is 9.01. The van der Waals surface area contributed by atoms with Crippen LogP contribution in [0.15, 0.2) is 24.3 Å². The number of H-pyrrole nitrogens is 1. The van der Waals surface area contributed by atoms with Crippen molar-refractivity contribution in [2.45, 2.75) is 68.3 Å². The number of nitrogens with one attached hydrogen (secondary N) is 4. The molecule has 1 aliphatic carbocycles. The van der Waals surface area contributed by atoms with Crippen LogP contribution in [-0.4, -0.2) is 40.0 Å². The molecule has 1 aromatic carbocycles. The topological polar surface area (TPSA) is 86.0 Å². The van der Waals surface area contributed by atoms with Crippen LogP contribution in [0.1, 0.15) is 55.8 Å². The summed E-state index contributed by atoms with van der Waals surface area (Å²) in [5.41, 5.74) is 3.74. The van der Waals surface area contributed by atoms with Crippen LogP contribution in [0.4, 0.5) is 4.79 Å². The fourth-order valence-electron chi connectivity index (χ4n) is 5.10. The van der Waals surface area contributed by atoms with Gasteiger partial charge in [-0.2, -0.15) is 11.8 Å². The second-order valence-corrected chi connectivity index (χ2v) is 9.71. The first-order valence-electron chi connectivity index (χ1n) is 10.8. The number of aromatic nitrogens is 1. The highest BCUT2D eigenvalue weighted by Gasteiger charge is 2.42. The van der Waals surface area contributed by atoms with E-state index in [4.69, 9.17) is 0 Å². The SMILES string of the molecule is O=C(CCCC[C@@H]1SC[C@@H]2NC(=O)N[C@@H]21)N[C@H]1CCCc2c1[nH]c1ccccc21. The lowest BCUT2D eigenvalue weighted by molar-refractivity contribution is -0.122. The van der Waals surface area contributed by atoms with Crippen LogP contribution in [0.5, 0.6) is 0 Å². The minimum atomic E-state index is -0.0338. The Balaban J connectivity index is 1.11. The van der Waals surface area contributed by atoms with Gasteiger partial charge in [0.1, 0.15) is 0 Å². The predicted octanol–water partition coefficient (Wildman–Crippen LogP) is 3.39. The Bertz CT molecular complexity index is 927. The maximum absolute atomic E-state index is 12.6. The van der Waals surface area contributed by atoms with Gasteiger partial charge in [0.05, 0.1) is 18.1 Å². The zero-order chi connectivity index (χ0) is 19.8. The van der Waals surface area contributed by atoms with E-state index in [0.717, 1.165) is 44.3 Å². The maximum Gasteiger partial charge on any atom is 0.315 e. The summed E-state index contributed by atoms with van der Waals surface area (Å²) in [6.45, 7) is 0. The third-order valence-corrected chi connectivity index (χ3v) is 8.04. The van der Waals surface area contributed by atoms with Crippen LogP contribution >= 0.6 is 11.8 Å². The molecule has 0 radical (unpaired) electrons. The lowest BCUT2D eigenvalue weighted by atomic mass is 9.91. The van der Waals surface area contributed by atoms with E-state index in [1.807, 2.05) is 11.8 Å². The molecule has 2 aromatic rings. The highest BCUT2D eigenvalue weighted by molar-refractivity contribution is 8.00. The Hall–Kier alpha value is -2.15. The van der Waals surface area contributed by atoms with E-state index in [1.165, 1.54) is 22.2 Å². The van der Waals surface area contributed by atoms with Crippen LogP contribution in [0.25, 0.3) is 10.9 Å². The van der Waals surface area contributed by atoms with Gasteiger partial charge in [-0.1, -0.05) is 24.6 Å². The van der Waals surface area contributed by atoms with E-state index in [9.17, 15) is 9.59 Å². The Morgan fingerprint density at radius 1 is 1.21 bits per heavy atom. The average molecular weight is 413 g/mol. The average Bonchev–Trinajstić information content (AvgIpc) is 3.38. The highest BCUT2D eigenvalue weighted by atomic mass is 32.2. The number of urea groups is 1. The summed E-state index contributed by atoms with van der Waals surface area (Å²) < 4.78 is 0. The molecule has 4 atom stereocenters. The Kier molecular flexibility index (Phi) is 5.16. The van der Waals surface area contributed by atoms with Crippen molar-refractivity contribution in [3.05, 3.63) is 35.5 Å². The van der Waals surface area contributed by atoms with Gasteiger partial charge in [-0.15, -0.1) is 0 Å². The van der Waals surface area contributed by atoms with Crippen molar-refractivity contribution in [3.63, 3.8) is 0 Å². The van der Waals surface area contributed by atoms with Crippen molar-refractivity contribution < 1.29 is 9.59 Å². The first-order chi connectivity index (χ1) is 14.2. The van der Waals surface area contributed by atoms with Crippen LogP contribution in [-0.2, 0) is 11.2 Å². The third-order valence-electron chi connectivity index (χ3n) is 6.53. The van der Waals surface area contributed by atoms with Crippen LogP contribution in [0.2, 0.25) is 0 Å². The quantitative estimate of drug-likeness (QED) is 0.433. The van der Waals surface area contributed by atoms with E-state index in [1.54, 1.807) is 0 Å². The summed E-state index contributed by atoms with van der Waals surface area (Å²) >= 11 is 1.94. The van der Waals surface area contributed by atoms with Crippen molar-refractivity contribution in [3.8, 4) is 0 Å². The summed E-state index contributed by atoms with van der Waals surface area (Å²) in [7, 11) is 0. The second-order valence-electron chi connectivity index (χ2n) is 8.44. The van der Waals surface area contributed by atoms with E-state index in [0.29, 0.717) is 11.7 Å². The monoisotopic (exact) mass is 412 g/mol. The Morgan fingerprint density at radius 3 is 3.03 bits per heavy atom. The maximum atomic E-state index is 12.6. The third kappa shape index (κ3) is 3.72. The molecule has 3 aliphatic rings. The van der Waals surface area contributed by atoms with Gasteiger partial charge in [-0.05, 0) is 43.7 Å². The number of rotatable bonds is 6. The number of amides is 3. The van der Waals surface area contributed by atoms with Crippen LogP contribution in [0, 0.1) is 0 Å². The molecule has 7 heteroatoms. The molecule has 0 spiro atoms. The normalized spacial score (nSPS) is 27.9. The van der Waals surface area contributed by atoms with E-state index < -0.39 is 0 Å². The largest absolute Gasteiger partial charge is 0.356 e. The first-order valence-corrected chi connectivity index (χ1v) is 11.8. The van der Waals surface area contributed by atoms with Crippen molar-refractivity contribution in [1.29, 1.82) is 0 Å². The lowest BCUT2D eigenvalue weighted by Crippen LogP contribution is -2.36. The van der Waals surface area contributed by atoms with Gasteiger partial charge in [0, 0.05) is 34.0 Å². The Labute approximate surface area is 175 Å². The summed E-state index contributed by atoms with van der Waals surface area (Å²) in [4.78, 5) is 27.6. The van der Waals surface area contributed by atoms with Crippen LogP contribution in [0.3, 0.4) is 0 Å². The van der Waals surface area contributed by atoms with Gasteiger partial charge in [-0.25, -0.2) is 4.79 Å². The number of hydrogen-bond acceptors (Lipinski definition) is 3. The summed E-state index contributed by atoms with van der Waals surface area (Å²) in [6.07, 6.45) is 6.73. The van der Waals surface area contributed by atoms with Crippen molar-refractivity contribution in [1.82, 2.24) is 20.9 Å². The summed E-state index contributed by atoms with van der Waals surface area (Å²) in [5.74, 6) is 1.14. The molecule has 1 aromatic heterocycles. The minimum absolute atomic E-state index is 0.0338. The van der Waals surface area contributed by atoms with Crippen molar-refractivity contribution in [2.75, 3.05) is 5.75 Å². The number of para-hydroxylation sites is 1. The van der Waals surface area contributed by atoms with Gasteiger partial charge < -0.3 is 20.9 Å². The second kappa shape index (κ2) is 7.94. The number of fused-ring (bicyclic) bond motifs is 4. The molecule has 5 rings (SSSR count). The minimum Gasteiger partial charge on any atom is -0.356 e. The molecule has 4 N–H and O–H groups in total. The molecule has 154 valence electrons. The smallest absolute Gasteiger partial charge is 0.315 e. The van der Waals surface area contributed by atoms with E-state index in [-0.39, 0.29) is 30.1 Å². The van der Waals surface area contributed by atoms with Crippen LogP contribution < -0.4 is 16.0 Å². The van der Waals surface area contributed by atoms with Gasteiger partial charge in [0.25, 0.3) is 0 Å². The van der Waals surface area contributed by atoms with E-state index in [2.05, 4.69) is 45.2 Å². The fraction of sp³-hybridized carbons (Fsp3) is 0.545. The molecular formula is C22H28N4O2S. The van der Waals surface area contributed by atoms with Gasteiger partial charge in [-0.3, -0.25) is 4.79 Å². The zero-order valence-corrected chi connectivity index (χ0v) is 17.3. The summed E-state index contributed by atoms with van der Waals surface area (Å²) in [5, 5.41) is 11.0. The lowest BCUT2D eigenvalue weighted by Gasteiger charge is -2.24. The van der Waals surface area contributed by atoms with Gasteiger partial charge in [0.2, 0.25) is 5.91 Å². The fourth-order valence-corrected chi connectivity index (χ4v) is 6.64. The number of aromatic amines is 1. The zero-order valence-electron chi connectivity index (χ0n) is 16.5. The number of unbranched alkanes of at least 4 members (excludes halogenated alkanes) is 1. The molecule has 2 aliphatic heterocycles. The molecule has 0 unspecified atom stereocenters. The number of benzene rings is 1. The number of carbonyl (C=O) groups excluding carboxylic acids is 2. The first kappa shape index (κ1) is 18.9. The molecule has 2 fully saturated rings. The number of thioether (sulfide) groups is 1. The van der Waals surface area contributed by atoms with Gasteiger partial charge in [0.15, 0.2) is 0 Å². The predicted molar refractivity (Wildman–Crippen MR) is 116 cm³/mol. The molecule has 3 heterocycles. The van der Waals surface area contributed by atoms with Gasteiger partial charge >= 0.3 is 6.03 Å². The number of hydrogen-bond donors (Lipinski definition) is 4. The van der Waals surface area contributed by atoms with Crippen molar-refractivity contribution in [2.24, 2.45) is 0 Å². The molecule has 3 amide bonds. The molecule has 0 bridgehead atoms. The molecular weight excluding hydrogens is 384 g/mol. The van der Waals surface area contributed by atoms with E-state index >= 15 is 0 Å². The number of carbonyl (C=O) groups is 2.